The molecule has 4 heteroatoms. The second-order valence-electron chi connectivity index (χ2n) is 4.33. The van der Waals surface area contributed by atoms with Crippen LogP contribution >= 0.6 is 15.9 Å². The maximum absolute atomic E-state index is 5.32. The van der Waals surface area contributed by atoms with Crippen LogP contribution in [0.5, 0.6) is 5.88 Å². The molecular formula is C15H13BrN2O. The van der Waals surface area contributed by atoms with Gasteiger partial charge in [0.2, 0.25) is 0 Å². The van der Waals surface area contributed by atoms with Crippen LogP contribution in [0.1, 0.15) is 11.3 Å². The van der Waals surface area contributed by atoms with Gasteiger partial charge < -0.3 is 4.74 Å². The van der Waals surface area contributed by atoms with Crippen LogP contribution in [-0.4, -0.2) is 16.5 Å². The normalized spacial score (nSPS) is 10.8. The number of hydrogen-bond donors (Lipinski definition) is 0. The first kappa shape index (κ1) is 12.2. The molecule has 0 aliphatic rings. The Morgan fingerprint density at radius 2 is 1.95 bits per heavy atom. The van der Waals surface area contributed by atoms with Crippen molar-refractivity contribution in [3.8, 4) is 5.88 Å². The lowest BCUT2D eigenvalue weighted by molar-refractivity contribution is 0.392. The minimum Gasteiger partial charge on any atom is -0.482 e. The fraction of sp³-hybridized carbons (Fsp3) is 0.133. The average Bonchev–Trinajstić information content (AvgIpc) is 2.83. The van der Waals surface area contributed by atoms with E-state index in [9.17, 15) is 0 Å². The van der Waals surface area contributed by atoms with Gasteiger partial charge in [-0.25, -0.2) is 4.98 Å². The van der Waals surface area contributed by atoms with Gasteiger partial charge in [0.1, 0.15) is 5.65 Å². The Bertz CT molecular complexity index is 704. The summed E-state index contributed by atoms with van der Waals surface area (Å²) in [5.74, 6) is 0.798. The number of imidazole rings is 1. The summed E-state index contributed by atoms with van der Waals surface area (Å²) >= 11 is 3.44. The van der Waals surface area contributed by atoms with Crippen LogP contribution in [0.15, 0.2) is 53.1 Å². The Hall–Kier alpha value is -1.81. The molecule has 0 amide bonds. The Labute approximate surface area is 120 Å². The lowest BCUT2D eigenvalue weighted by atomic mass is 10.1. The van der Waals surface area contributed by atoms with Crippen LogP contribution in [0.25, 0.3) is 5.65 Å². The van der Waals surface area contributed by atoms with Crippen molar-refractivity contribution in [2.45, 2.75) is 6.42 Å². The summed E-state index contributed by atoms with van der Waals surface area (Å²) in [6.07, 6.45) is 2.84. The molecule has 19 heavy (non-hydrogen) atoms. The van der Waals surface area contributed by atoms with Crippen LogP contribution in [0.4, 0.5) is 0 Å². The lowest BCUT2D eigenvalue weighted by Gasteiger charge is -2.01. The first-order valence-electron chi connectivity index (χ1n) is 6.02. The number of hydrogen-bond acceptors (Lipinski definition) is 2. The Morgan fingerprint density at radius 1 is 1.16 bits per heavy atom. The zero-order valence-electron chi connectivity index (χ0n) is 10.5. The van der Waals surface area contributed by atoms with Crippen molar-refractivity contribution in [2.24, 2.45) is 0 Å². The summed E-state index contributed by atoms with van der Waals surface area (Å²) < 4.78 is 8.38. The number of pyridine rings is 1. The van der Waals surface area contributed by atoms with E-state index in [0.717, 1.165) is 28.1 Å². The van der Waals surface area contributed by atoms with Gasteiger partial charge in [-0.05, 0) is 29.8 Å². The summed E-state index contributed by atoms with van der Waals surface area (Å²) in [5.41, 5.74) is 3.18. The maximum atomic E-state index is 5.32. The third kappa shape index (κ3) is 2.49. The molecule has 3 rings (SSSR count). The van der Waals surface area contributed by atoms with E-state index in [1.165, 1.54) is 5.56 Å². The molecule has 2 aromatic heterocycles. The van der Waals surface area contributed by atoms with Gasteiger partial charge in [0.15, 0.2) is 5.88 Å². The van der Waals surface area contributed by atoms with E-state index in [4.69, 9.17) is 4.74 Å². The maximum Gasteiger partial charge on any atom is 0.198 e. The first-order chi connectivity index (χ1) is 9.26. The molecule has 0 aliphatic heterocycles. The molecule has 96 valence electrons. The number of nitrogens with zero attached hydrogens (tertiary/aromatic N) is 2. The average molecular weight is 317 g/mol. The molecule has 1 aromatic carbocycles. The van der Waals surface area contributed by atoms with Gasteiger partial charge in [0, 0.05) is 17.1 Å². The van der Waals surface area contributed by atoms with Crippen molar-refractivity contribution in [2.75, 3.05) is 7.11 Å². The van der Waals surface area contributed by atoms with E-state index in [0.29, 0.717) is 0 Å². The molecule has 2 heterocycles. The molecule has 0 saturated carbocycles. The van der Waals surface area contributed by atoms with Crippen LogP contribution in [0.2, 0.25) is 0 Å². The number of rotatable bonds is 3. The summed E-state index contributed by atoms with van der Waals surface area (Å²) in [6.45, 7) is 0. The highest BCUT2D eigenvalue weighted by Crippen LogP contribution is 2.18. The molecule has 0 radical (unpaired) electrons. The van der Waals surface area contributed by atoms with Gasteiger partial charge in [0.05, 0.1) is 12.8 Å². The highest BCUT2D eigenvalue weighted by Gasteiger charge is 2.06. The molecule has 0 unspecified atom stereocenters. The van der Waals surface area contributed by atoms with Crippen molar-refractivity contribution < 1.29 is 4.74 Å². The summed E-state index contributed by atoms with van der Waals surface area (Å²) in [6, 6.07) is 14.2. The standard InChI is InChI=1S/C15H13BrN2O/c1-19-15-4-2-3-14-17-13(10-18(14)15)9-11-5-7-12(16)8-6-11/h2-8,10H,9H2,1H3. The molecule has 3 nitrogen and oxygen atoms in total. The van der Waals surface area contributed by atoms with Crippen molar-refractivity contribution in [1.29, 1.82) is 0 Å². The summed E-state index contributed by atoms with van der Waals surface area (Å²) in [7, 11) is 1.67. The second-order valence-corrected chi connectivity index (χ2v) is 5.25. The van der Waals surface area contributed by atoms with Crippen LogP contribution < -0.4 is 4.74 Å². The largest absolute Gasteiger partial charge is 0.482 e. The number of ether oxygens (including phenoxy) is 1. The molecule has 0 atom stereocenters. The molecular weight excluding hydrogens is 304 g/mol. The van der Waals surface area contributed by atoms with Gasteiger partial charge in [-0.3, -0.25) is 4.40 Å². The van der Waals surface area contributed by atoms with Gasteiger partial charge in [0.25, 0.3) is 0 Å². The molecule has 0 N–H and O–H groups in total. The summed E-state index contributed by atoms with van der Waals surface area (Å²) in [4.78, 5) is 4.61. The number of fused-ring (bicyclic) bond motifs is 1. The van der Waals surface area contributed by atoms with Crippen molar-refractivity contribution in [3.05, 3.63) is 64.4 Å². The van der Waals surface area contributed by atoms with Crippen molar-refractivity contribution >= 4 is 21.6 Å². The Kier molecular flexibility index (Phi) is 3.25. The molecule has 3 aromatic rings. The van der Waals surface area contributed by atoms with Crippen LogP contribution in [0.3, 0.4) is 0 Å². The van der Waals surface area contributed by atoms with Gasteiger partial charge in [-0.2, -0.15) is 0 Å². The van der Waals surface area contributed by atoms with Crippen LogP contribution in [0, 0.1) is 0 Å². The predicted octanol–water partition coefficient (Wildman–Crippen LogP) is 3.70. The van der Waals surface area contributed by atoms with E-state index in [2.05, 4.69) is 33.0 Å². The van der Waals surface area contributed by atoms with Crippen molar-refractivity contribution in [1.82, 2.24) is 9.38 Å². The van der Waals surface area contributed by atoms with E-state index in [1.54, 1.807) is 7.11 Å². The third-order valence-electron chi connectivity index (χ3n) is 3.01. The van der Waals surface area contributed by atoms with E-state index in [1.807, 2.05) is 40.9 Å². The van der Waals surface area contributed by atoms with E-state index >= 15 is 0 Å². The monoisotopic (exact) mass is 316 g/mol. The Morgan fingerprint density at radius 3 is 2.68 bits per heavy atom. The number of benzene rings is 1. The predicted molar refractivity (Wildman–Crippen MR) is 78.7 cm³/mol. The molecule has 0 bridgehead atoms. The molecule has 0 spiro atoms. The first-order valence-corrected chi connectivity index (χ1v) is 6.81. The topological polar surface area (TPSA) is 26.5 Å². The third-order valence-corrected chi connectivity index (χ3v) is 3.54. The number of methoxy groups -OCH3 is 1. The van der Waals surface area contributed by atoms with Gasteiger partial charge in [-0.15, -0.1) is 0 Å². The van der Waals surface area contributed by atoms with Gasteiger partial charge >= 0.3 is 0 Å². The van der Waals surface area contributed by atoms with Crippen LogP contribution in [-0.2, 0) is 6.42 Å². The molecule has 0 aliphatic carbocycles. The lowest BCUT2D eigenvalue weighted by Crippen LogP contribution is -1.91. The quantitative estimate of drug-likeness (QED) is 0.736. The van der Waals surface area contributed by atoms with E-state index in [-0.39, 0.29) is 0 Å². The second kappa shape index (κ2) is 5.05. The smallest absolute Gasteiger partial charge is 0.198 e. The minimum absolute atomic E-state index is 0.798. The minimum atomic E-state index is 0.798. The zero-order chi connectivity index (χ0) is 13.2. The molecule has 0 saturated heterocycles. The number of aromatic nitrogens is 2. The van der Waals surface area contributed by atoms with Gasteiger partial charge in [-0.1, -0.05) is 34.1 Å². The van der Waals surface area contributed by atoms with Crippen molar-refractivity contribution in [3.63, 3.8) is 0 Å². The van der Waals surface area contributed by atoms with E-state index < -0.39 is 0 Å². The Balaban J connectivity index is 1.95. The summed E-state index contributed by atoms with van der Waals surface area (Å²) in [5, 5.41) is 0. The zero-order valence-corrected chi connectivity index (χ0v) is 12.1. The fourth-order valence-corrected chi connectivity index (χ4v) is 2.36. The molecule has 0 fully saturated rings. The SMILES string of the molecule is COc1cccc2nc(Cc3ccc(Br)cc3)cn12. The fourth-order valence-electron chi connectivity index (χ4n) is 2.10. The highest BCUT2D eigenvalue weighted by molar-refractivity contribution is 9.10. The number of halogens is 1. The highest BCUT2D eigenvalue weighted by atomic mass is 79.9.